The summed E-state index contributed by atoms with van der Waals surface area (Å²) < 4.78 is 0. The lowest BCUT2D eigenvalue weighted by Gasteiger charge is -1.99. The summed E-state index contributed by atoms with van der Waals surface area (Å²) in [5, 5.41) is 15.0. The molecule has 1 N–H and O–H groups in total. The summed E-state index contributed by atoms with van der Waals surface area (Å²) >= 11 is 0. The Bertz CT molecular complexity index is 376. The van der Waals surface area contributed by atoms with Crippen LogP contribution in [-0.4, -0.2) is 10.9 Å². The molecule has 0 saturated heterocycles. The van der Waals surface area contributed by atoms with E-state index in [9.17, 15) is 0 Å². The van der Waals surface area contributed by atoms with Crippen molar-refractivity contribution in [3.63, 3.8) is 0 Å². The summed E-state index contributed by atoms with van der Waals surface area (Å²) in [7, 11) is 0. The maximum Gasteiger partial charge on any atom is 0.0836 e. The summed E-state index contributed by atoms with van der Waals surface area (Å²) in [5.74, 6) is 0. The van der Waals surface area contributed by atoms with Crippen molar-refractivity contribution in [2.24, 2.45) is 10.3 Å². The van der Waals surface area contributed by atoms with E-state index >= 15 is 0 Å². The number of rotatable bonds is 3. The minimum atomic E-state index is 0.339. The van der Waals surface area contributed by atoms with Crippen LogP contribution in [0.5, 0.6) is 0 Å². The van der Waals surface area contributed by atoms with Gasteiger partial charge in [-0.05, 0) is 23.6 Å². The maximum absolute atomic E-state index is 8.52. The maximum atomic E-state index is 8.52. The first-order valence-corrected chi connectivity index (χ1v) is 4.06. The van der Waals surface area contributed by atoms with Gasteiger partial charge in [0.15, 0.2) is 0 Å². The molecule has 1 rings (SSSR count). The Morgan fingerprint density at radius 1 is 1.43 bits per heavy atom. The predicted molar refractivity (Wildman–Crippen MR) is 53.3 cm³/mol. The molecule has 0 amide bonds. The van der Waals surface area contributed by atoms with E-state index in [1.165, 1.54) is 0 Å². The van der Waals surface area contributed by atoms with E-state index in [0.717, 1.165) is 11.1 Å². The Labute approximate surface area is 81.3 Å². The largest absolute Gasteiger partial charge is 0.411 e. The predicted octanol–water partition coefficient (Wildman–Crippen LogP) is 2.70. The molecule has 1 aromatic rings. The molecular weight excluding hydrogens is 180 g/mol. The van der Waals surface area contributed by atoms with Gasteiger partial charge in [0.2, 0.25) is 0 Å². The van der Waals surface area contributed by atoms with Gasteiger partial charge in [0.1, 0.15) is 0 Å². The Kier molecular flexibility index (Phi) is 3.52. The lowest BCUT2D eigenvalue weighted by atomic mass is 10.1. The molecule has 0 spiro atoms. The monoisotopic (exact) mass is 190 g/mol. The second kappa shape index (κ2) is 4.89. The van der Waals surface area contributed by atoms with Gasteiger partial charge in [-0.25, -0.2) is 0 Å². The third-order valence-corrected chi connectivity index (χ3v) is 1.84. The van der Waals surface area contributed by atoms with Crippen molar-refractivity contribution in [1.82, 2.24) is 0 Å². The van der Waals surface area contributed by atoms with Crippen molar-refractivity contribution in [2.45, 2.75) is 13.5 Å². The zero-order valence-corrected chi connectivity index (χ0v) is 7.75. The lowest BCUT2D eigenvalue weighted by Crippen LogP contribution is -1.94. The molecule has 0 radical (unpaired) electrons. The van der Waals surface area contributed by atoms with E-state index < -0.39 is 0 Å². The number of nitrogens with zero attached hydrogens (tertiary/aromatic N) is 4. The average Bonchev–Trinajstić information content (AvgIpc) is 2.26. The van der Waals surface area contributed by atoms with Crippen molar-refractivity contribution in [1.29, 1.82) is 0 Å². The highest BCUT2D eigenvalue weighted by molar-refractivity contribution is 5.98. The zero-order valence-electron chi connectivity index (χ0n) is 7.75. The first-order valence-electron chi connectivity index (χ1n) is 4.06. The van der Waals surface area contributed by atoms with Crippen LogP contribution in [0, 0.1) is 0 Å². The molecule has 0 bridgehead atoms. The third kappa shape index (κ3) is 2.50. The number of benzene rings is 1. The average molecular weight is 190 g/mol. The normalized spacial score (nSPS) is 10.8. The van der Waals surface area contributed by atoms with E-state index in [2.05, 4.69) is 15.2 Å². The van der Waals surface area contributed by atoms with Crippen molar-refractivity contribution in [2.75, 3.05) is 0 Å². The molecule has 0 aliphatic heterocycles. The number of hydrogen-bond acceptors (Lipinski definition) is 3. The van der Waals surface area contributed by atoms with E-state index in [1.54, 1.807) is 6.92 Å². The van der Waals surface area contributed by atoms with Gasteiger partial charge in [0, 0.05) is 4.91 Å². The summed E-state index contributed by atoms with van der Waals surface area (Å²) in [6.07, 6.45) is 0. The molecule has 0 fully saturated rings. The van der Waals surface area contributed by atoms with Gasteiger partial charge in [0.05, 0.1) is 12.3 Å². The van der Waals surface area contributed by atoms with Crippen molar-refractivity contribution < 1.29 is 5.21 Å². The highest BCUT2D eigenvalue weighted by Crippen LogP contribution is 2.06. The number of oxime groups is 1. The van der Waals surface area contributed by atoms with Crippen LogP contribution in [0.3, 0.4) is 0 Å². The molecule has 0 aromatic heterocycles. The minimum Gasteiger partial charge on any atom is -0.411 e. The van der Waals surface area contributed by atoms with Crippen molar-refractivity contribution in [3.8, 4) is 0 Å². The van der Waals surface area contributed by atoms with Gasteiger partial charge in [0.25, 0.3) is 0 Å². The second-order valence-corrected chi connectivity index (χ2v) is 2.77. The highest BCUT2D eigenvalue weighted by Gasteiger charge is 1.97. The smallest absolute Gasteiger partial charge is 0.0836 e. The van der Waals surface area contributed by atoms with Crippen molar-refractivity contribution in [3.05, 3.63) is 45.8 Å². The molecule has 0 aliphatic rings. The molecule has 0 unspecified atom stereocenters. The van der Waals surface area contributed by atoms with Crippen LogP contribution in [0.15, 0.2) is 34.5 Å². The minimum absolute atomic E-state index is 0.339. The Hall–Kier alpha value is -2.00. The van der Waals surface area contributed by atoms with Gasteiger partial charge in [-0.15, -0.1) is 0 Å². The van der Waals surface area contributed by atoms with E-state index in [0.29, 0.717) is 12.3 Å². The second-order valence-electron chi connectivity index (χ2n) is 2.77. The molecule has 72 valence electrons. The topological polar surface area (TPSA) is 81.4 Å². The van der Waals surface area contributed by atoms with Crippen molar-refractivity contribution >= 4 is 5.71 Å². The van der Waals surface area contributed by atoms with Gasteiger partial charge in [-0.3, -0.25) is 0 Å². The summed E-state index contributed by atoms with van der Waals surface area (Å²) in [4.78, 5) is 2.67. The quantitative estimate of drug-likeness (QED) is 0.195. The molecule has 0 atom stereocenters. The van der Waals surface area contributed by atoms with Crippen LogP contribution in [0.25, 0.3) is 10.4 Å². The van der Waals surface area contributed by atoms with Crippen LogP contribution < -0.4 is 0 Å². The number of azide groups is 1. The first kappa shape index (κ1) is 10.1. The van der Waals surface area contributed by atoms with Gasteiger partial charge < -0.3 is 5.21 Å². The first-order chi connectivity index (χ1) is 6.77. The lowest BCUT2D eigenvalue weighted by molar-refractivity contribution is 0.319. The Morgan fingerprint density at radius 3 is 2.57 bits per heavy atom. The van der Waals surface area contributed by atoms with E-state index in [1.807, 2.05) is 24.3 Å². The summed E-state index contributed by atoms with van der Waals surface area (Å²) in [6, 6.07) is 7.30. The zero-order chi connectivity index (χ0) is 10.4. The Balaban J connectivity index is 2.83. The summed E-state index contributed by atoms with van der Waals surface area (Å²) in [6.45, 7) is 2.05. The van der Waals surface area contributed by atoms with Gasteiger partial charge in [-0.1, -0.05) is 34.5 Å². The van der Waals surface area contributed by atoms with Gasteiger partial charge >= 0.3 is 0 Å². The van der Waals surface area contributed by atoms with Crippen LogP contribution in [0.4, 0.5) is 0 Å². The Morgan fingerprint density at radius 2 is 2.07 bits per heavy atom. The van der Waals surface area contributed by atoms with Crippen LogP contribution >= 0.6 is 0 Å². The standard InChI is InChI=1S/C9H10N4O/c1-7(12-14)9-4-2-8(3-5-9)6-11-13-10/h2-5,14H,6H2,1H3/b12-7-. The van der Waals surface area contributed by atoms with Crippen LogP contribution in [0.2, 0.25) is 0 Å². The molecule has 5 heteroatoms. The van der Waals surface area contributed by atoms with E-state index in [4.69, 9.17) is 10.7 Å². The van der Waals surface area contributed by atoms with Crippen LogP contribution in [-0.2, 0) is 6.54 Å². The fourth-order valence-electron chi connectivity index (χ4n) is 1.02. The van der Waals surface area contributed by atoms with Gasteiger partial charge in [-0.2, -0.15) is 0 Å². The van der Waals surface area contributed by atoms with Crippen LogP contribution in [0.1, 0.15) is 18.1 Å². The number of hydrogen-bond donors (Lipinski definition) is 1. The molecule has 0 aliphatic carbocycles. The molecule has 0 saturated carbocycles. The van der Waals surface area contributed by atoms with E-state index in [-0.39, 0.29) is 0 Å². The fraction of sp³-hybridized carbons (Fsp3) is 0.222. The summed E-state index contributed by atoms with van der Waals surface area (Å²) in [5.41, 5.74) is 10.4. The third-order valence-electron chi connectivity index (χ3n) is 1.84. The molecular formula is C9H10N4O. The molecule has 1 aromatic carbocycles. The fourth-order valence-corrected chi connectivity index (χ4v) is 1.02. The molecule has 0 heterocycles. The highest BCUT2D eigenvalue weighted by atomic mass is 16.4. The molecule has 5 nitrogen and oxygen atoms in total. The SMILES string of the molecule is C/C(=N/O)c1ccc(CN=[N+]=[N-])cc1. The molecule has 14 heavy (non-hydrogen) atoms.